The highest BCUT2D eigenvalue weighted by molar-refractivity contribution is 6.30. The molecule has 4 heteroatoms. The van der Waals surface area contributed by atoms with Gasteiger partial charge in [0.05, 0.1) is 6.20 Å². The Morgan fingerprint density at radius 1 is 1.00 bits per heavy atom. The van der Waals surface area contributed by atoms with Crippen LogP contribution < -0.4 is 4.74 Å². The molecule has 0 spiro atoms. The predicted molar refractivity (Wildman–Crippen MR) is 65.0 cm³/mol. The Balaban J connectivity index is 1.97. The molecule has 0 saturated carbocycles. The van der Waals surface area contributed by atoms with Crippen molar-refractivity contribution in [2.24, 2.45) is 0 Å². The molecule has 0 radical (unpaired) electrons. The zero-order valence-corrected chi connectivity index (χ0v) is 9.87. The molecule has 2 aromatic rings. The fourth-order valence-corrected chi connectivity index (χ4v) is 1.43. The van der Waals surface area contributed by atoms with E-state index in [1.807, 2.05) is 24.3 Å². The number of aromatic nitrogens is 1. The van der Waals surface area contributed by atoms with Crippen molar-refractivity contribution in [2.45, 2.75) is 6.61 Å². The minimum Gasteiger partial charge on any atom is -0.487 e. The van der Waals surface area contributed by atoms with E-state index in [0.29, 0.717) is 17.5 Å². The third-order valence-corrected chi connectivity index (χ3v) is 2.49. The molecule has 0 aliphatic heterocycles. The quantitative estimate of drug-likeness (QED) is 0.773. The highest BCUT2D eigenvalue weighted by Gasteiger charge is 1.97. The van der Waals surface area contributed by atoms with Gasteiger partial charge in [0.2, 0.25) is 0 Å². The van der Waals surface area contributed by atoms with E-state index in [0.717, 1.165) is 10.6 Å². The normalized spacial score (nSPS) is 10.1. The zero-order chi connectivity index (χ0) is 11.4. The number of rotatable bonds is 3. The van der Waals surface area contributed by atoms with Gasteiger partial charge in [-0.2, -0.15) is 0 Å². The van der Waals surface area contributed by atoms with E-state index in [2.05, 4.69) is 4.98 Å². The Morgan fingerprint density at radius 3 is 2.38 bits per heavy atom. The van der Waals surface area contributed by atoms with E-state index in [1.165, 1.54) is 0 Å². The number of benzene rings is 1. The first-order chi connectivity index (χ1) is 7.74. The van der Waals surface area contributed by atoms with Crippen LogP contribution in [0.25, 0.3) is 0 Å². The Hall–Kier alpha value is -1.25. The first kappa shape index (κ1) is 11.2. The van der Waals surface area contributed by atoms with E-state index in [4.69, 9.17) is 27.9 Å². The molecule has 0 aliphatic rings. The molecule has 0 amide bonds. The van der Waals surface area contributed by atoms with Crippen molar-refractivity contribution in [1.82, 2.24) is 4.98 Å². The summed E-state index contributed by atoms with van der Waals surface area (Å²) < 4.78 is 5.52. The number of ether oxygens (including phenoxy) is 1. The average Bonchev–Trinajstić information content (AvgIpc) is 2.30. The van der Waals surface area contributed by atoms with Crippen LogP contribution in [0.2, 0.25) is 10.2 Å². The standard InChI is InChI=1S/C12H9Cl2NO/c13-10-3-1-9(2-4-10)8-16-11-5-6-12(14)15-7-11/h1-7H,8H2. The van der Waals surface area contributed by atoms with E-state index < -0.39 is 0 Å². The molecule has 1 aromatic carbocycles. The smallest absolute Gasteiger partial charge is 0.138 e. The summed E-state index contributed by atoms with van der Waals surface area (Å²) >= 11 is 11.4. The van der Waals surface area contributed by atoms with E-state index in [1.54, 1.807) is 18.3 Å². The van der Waals surface area contributed by atoms with Gasteiger partial charge < -0.3 is 4.74 Å². The van der Waals surface area contributed by atoms with Crippen LogP contribution in [0.1, 0.15) is 5.56 Å². The van der Waals surface area contributed by atoms with Gasteiger partial charge in [0.15, 0.2) is 0 Å². The molecule has 0 fully saturated rings. The summed E-state index contributed by atoms with van der Waals surface area (Å²) in [5.41, 5.74) is 1.05. The van der Waals surface area contributed by atoms with Crippen LogP contribution in [0.4, 0.5) is 0 Å². The summed E-state index contributed by atoms with van der Waals surface area (Å²) in [6, 6.07) is 11.0. The molecule has 1 heterocycles. The topological polar surface area (TPSA) is 22.1 Å². The Bertz CT molecular complexity index is 408. The lowest BCUT2D eigenvalue weighted by molar-refractivity contribution is 0.305. The van der Waals surface area contributed by atoms with Crippen LogP contribution >= 0.6 is 23.2 Å². The molecular weight excluding hydrogens is 245 g/mol. The summed E-state index contributed by atoms with van der Waals surface area (Å²) in [6.07, 6.45) is 1.60. The van der Waals surface area contributed by atoms with Crippen molar-refractivity contribution in [1.29, 1.82) is 0 Å². The van der Waals surface area contributed by atoms with Crippen LogP contribution in [0.15, 0.2) is 42.6 Å². The van der Waals surface area contributed by atoms with E-state index in [9.17, 15) is 0 Å². The molecule has 0 N–H and O–H groups in total. The van der Waals surface area contributed by atoms with Crippen LogP contribution in [-0.2, 0) is 6.61 Å². The molecule has 2 nitrogen and oxygen atoms in total. The van der Waals surface area contributed by atoms with Crippen LogP contribution in [0.3, 0.4) is 0 Å². The lowest BCUT2D eigenvalue weighted by atomic mass is 10.2. The Labute approximate surface area is 104 Å². The minimum atomic E-state index is 0.457. The lowest BCUT2D eigenvalue weighted by Crippen LogP contribution is -1.95. The molecule has 0 aliphatic carbocycles. The summed E-state index contributed by atoms with van der Waals surface area (Å²) in [6.45, 7) is 0.487. The van der Waals surface area contributed by atoms with Crippen molar-refractivity contribution in [3.05, 3.63) is 58.3 Å². The molecular formula is C12H9Cl2NO. The highest BCUT2D eigenvalue weighted by Crippen LogP contribution is 2.15. The van der Waals surface area contributed by atoms with Gasteiger partial charge in [0, 0.05) is 5.02 Å². The number of hydrogen-bond acceptors (Lipinski definition) is 2. The molecule has 2 rings (SSSR count). The number of nitrogens with zero attached hydrogens (tertiary/aromatic N) is 1. The summed E-state index contributed by atoms with van der Waals surface area (Å²) in [5, 5.41) is 1.18. The van der Waals surface area contributed by atoms with Crippen LogP contribution in [0, 0.1) is 0 Å². The number of halogens is 2. The molecule has 82 valence electrons. The minimum absolute atomic E-state index is 0.457. The van der Waals surface area contributed by atoms with Gasteiger partial charge in [-0.05, 0) is 29.8 Å². The van der Waals surface area contributed by atoms with Crippen molar-refractivity contribution >= 4 is 23.2 Å². The molecule has 16 heavy (non-hydrogen) atoms. The van der Waals surface area contributed by atoms with Crippen molar-refractivity contribution in [2.75, 3.05) is 0 Å². The maximum absolute atomic E-state index is 5.78. The third-order valence-electron chi connectivity index (χ3n) is 2.02. The van der Waals surface area contributed by atoms with Gasteiger partial charge in [0.25, 0.3) is 0 Å². The van der Waals surface area contributed by atoms with E-state index in [-0.39, 0.29) is 0 Å². The summed E-state index contributed by atoms with van der Waals surface area (Å²) in [4.78, 5) is 3.92. The van der Waals surface area contributed by atoms with Crippen molar-refractivity contribution < 1.29 is 4.74 Å². The number of pyridine rings is 1. The second-order valence-corrected chi connectivity index (χ2v) is 4.06. The lowest BCUT2D eigenvalue weighted by Gasteiger charge is -2.05. The zero-order valence-electron chi connectivity index (χ0n) is 8.36. The van der Waals surface area contributed by atoms with Gasteiger partial charge >= 0.3 is 0 Å². The van der Waals surface area contributed by atoms with Crippen LogP contribution in [-0.4, -0.2) is 4.98 Å². The largest absolute Gasteiger partial charge is 0.487 e. The maximum Gasteiger partial charge on any atom is 0.138 e. The van der Waals surface area contributed by atoms with Gasteiger partial charge in [-0.1, -0.05) is 35.3 Å². The third kappa shape index (κ3) is 3.12. The first-order valence-corrected chi connectivity index (χ1v) is 5.48. The molecule has 1 aromatic heterocycles. The first-order valence-electron chi connectivity index (χ1n) is 4.73. The summed E-state index contributed by atoms with van der Waals surface area (Å²) in [7, 11) is 0. The predicted octanol–water partition coefficient (Wildman–Crippen LogP) is 3.97. The van der Waals surface area contributed by atoms with Gasteiger partial charge in [-0.25, -0.2) is 4.98 Å². The fraction of sp³-hybridized carbons (Fsp3) is 0.0833. The van der Waals surface area contributed by atoms with E-state index >= 15 is 0 Å². The molecule has 0 unspecified atom stereocenters. The SMILES string of the molecule is Clc1ccc(COc2ccc(Cl)nc2)cc1. The average molecular weight is 254 g/mol. The second-order valence-electron chi connectivity index (χ2n) is 3.23. The fourth-order valence-electron chi connectivity index (χ4n) is 1.19. The van der Waals surface area contributed by atoms with Gasteiger partial charge in [-0.15, -0.1) is 0 Å². The Kier molecular flexibility index (Phi) is 3.65. The molecule has 0 atom stereocenters. The van der Waals surface area contributed by atoms with Crippen molar-refractivity contribution in [3.63, 3.8) is 0 Å². The van der Waals surface area contributed by atoms with Crippen LogP contribution in [0.5, 0.6) is 5.75 Å². The van der Waals surface area contributed by atoms with Gasteiger partial charge in [0.1, 0.15) is 17.5 Å². The number of hydrogen-bond donors (Lipinski definition) is 0. The van der Waals surface area contributed by atoms with Crippen molar-refractivity contribution in [3.8, 4) is 5.75 Å². The highest BCUT2D eigenvalue weighted by atomic mass is 35.5. The van der Waals surface area contributed by atoms with Gasteiger partial charge in [-0.3, -0.25) is 0 Å². The molecule has 0 saturated heterocycles. The Morgan fingerprint density at radius 2 is 1.75 bits per heavy atom. The second kappa shape index (κ2) is 5.19. The maximum atomic E-state index is 5.78. The molecule has 0 bridgehead atoms. The summed E-state index contributed by atoms with van der Waals surface area (Å²) in [5.74, 6) is 0.694. The monoisotopic (exact) mass is 253 g/mol.